The van der Waals surface area contributed by atoms with E-state index in [1.54, 1.807) is 7.11 Å². The molecule has 122 valence electrons. The minimum Gasteiger partial charge on any atom is -0.497 e. The van der Waals surface area contributed by atoms with Crippen LogP contribution in [-0.4, -0.2) is 24.8 Å². The number of amides is 1. The van der Waals surface area contributed by atoms with E-state index in [9.17, 15) is 4.79 Å². The van der Waals surface area contributed by atoms with E-state index in [1.807, 2.05) is 36.4 Å². The predicted octanol–water partition coefficient (Wildman–Crippen LogP) is 3.21. The average molecular weight is 342 g/mol. The molecule has 3 aromatic rings. The van der Waals surface area contributed by atoms with E-state index in [-0.39, 0.29) is 19.1 Å². The van der Waals surface area contributed by atoms with Crippen LogP contribution in [0.5, 0.6) is 17.2 Å². The van der Waals surface area contributed by atoms with E-state index in [1.165, 1.54) is 11.3 Å². The molecular formula is C17H14N2O4S. The van der Waals surface area contributed by atoms with Crippen LogP contribution < -0.4 is 19.5 Å². The molecular weight excluding hydrogens is 328 g/mol. The van der Waals surface area contributed by atoms with E-state index in [2.05, 4.69) is 10.3 Å². The van der Waals surface area contributed by atoms with Crippen molar-refractivity contribution in [2.24, 2.45) is 0 Å². The predicted molar refractivity (Wildman–Crippen MR) is 91.1 cm³/mol. The number of carbonyl (C=O) groups is 1. The maximum atomic E-state index is 12.2. The Bertz CT molecular complexity index is 922. The summed E-state index contributed by atoms with van der Waals surface area (Å²) >= 11 is 1.42. The number of nitrogens with zero attached hydrogens (tertiary/aromatic N) is 1. The van der Waals surface area contributed by atoms with Crippen molar-refractivity contribution in [3.05, 3.63) is 42.0 Å². The second kappa shape index (κ2) is 6.01. The fourth-order valence-corrected chi connectivity index (χ4v) is 3.40. The van der Waals surface area contributed by atoms with Gasteiger partial charge >= 0.3 is 0 Å². The van der Waals surface area contributed by atoms with E-state index in [0.29, 0.717) is 16.6 Å². The van der Waals surface area contributed by atoms with Crippen molar-refractivity contribution < 1.29 is 19.0 Å². The first kappa shape index (κ1) is 14.8. The molecule has 0 saturated carbocycles. The Morgan fingerprint density at radius 1 is 1.25 bits per heavy atom. The van der Waals surface area contributed by atoms with Gasteiger partial charge in [0, 0.05) is 0 Å². The van der Waals surface area contributed by atoms with Crippen LogP contribution in [0.4, 0.5) is 5.13 Å². The highest BCUT2D eigenvalue weighted by atomic mass is 32.1. The van der Waals surface area contributed by atoms with Crippen LogP contribution in [0, 0.1) is 0 Å². The second-order valence-electron chi connectivity index (χ2n) is 5.27. The van der Waals surface area contributed by atoms with E-state index < -0.39 is 0 Å². The van der Waals surface area contributed by atoms with Crippen molar-refractivity contribution in [2.45, 2.75) is 6.42 Å². The lowest BCUT2D eigenvalue weighted by Gasteiger charge is -2.03. The molecule has 24 heavy (non-hydrogen) atoms. The third-order valence-electron chi connectivity index (χ3n) is 3.64. The summed E-state index contributed by atoms with van der Waals surface area (Å²) in [5.41, 5.74) is 1.69. The first-order valence-corrected chi connectivity index (χ1v) is 8.16. The lowest BCUT2D eigenvalue weighted by Crippen LogP contribution is -2.14. The monoisotopic (exact) mass is 342 g/mol. The summed E-state index contributed by atoms with van der Waals surface area (Å²) in [5, 5.41) is 3.41. The van der Waals surface area contributed by atoms with Gasteiger partial charge in [0.25, 0.3) is 0 Å². The molecule has 1 aliphatic heterocycles. The normalized spacial score (nSPS) is 12.4. The highest BCUT2D eigenvalue weighted by Gasteiger charge is 2.15. The Morgan fingerprint density at radius 2 is 2.12 bits per heavy atom. The Kier molecular flexibility index (Phi) is 3.70. The van der Waals surface area contributed by atoms with Crippen molar-refractivity contribution in [2.75, 3.05) is 19.2 Å². The summed E-state index contributed by atoms with van der Waals surface area (Å²) in [7, 11) is 1.62. The van der Waals surface area contributed by atoms with Gasteiger partial charge in [0.1, 0.15) is 5.75 Å². The number of hydrogen-bond donors (Lipinski definition) is 1. The zero-order chi connectivity index (χ0) is 16.5. The summed E-state index contributed by atoms with van der Waals surface area (Å²) < 4.78 is 16.8. The quantitative estimate of drug-likeness (QED) is 0.788. The first-order valence-electron chi connectivity index (χ1n) is 7.34. The van der Waals surface area contributed by atoms with Crippen LogP contribution in [0.1, 0.15) is 5.56 Å². The molecule has 0 unspecified atom stereocenters. The number of hydrogen-bond acceptors (Lipinski definition) is 6. The summed E-state index contributed by atoms with van der Waals surface area (Å²) in [5.74, 6) is 2.02. The highest BCUT2D eigenvalue weighted by Crippen LogP contribution is 2.33. The van der Waals surface area contributed by atoms with Gasteiger partial charge in [-0.1, -0.05) is 17.4 Å². The molecule has 0 saturated heterocycles. The molecule has 4 rings (SSSR count). The van der Waals surface area contributed by atoms with E-state index in [4.69, 9.17) is 14.2 Å². The largest absolute Gasteiger partial charge is 0.497 e. The number of methoxy groups -OCH3 is 1. The maximum Gasteiger partial charge on any atom is 0.231 e. The van der Waals surface area contributed by atoms with Gasteiger partial charge in [-0.05, 0) is 35.9 Å². The summed E-state index contributed by atoms with van der Waals surface area (Å²) in [4.78, 5) is 16.7. The van der Waals surface area contributed by atoms with E-state index >= 15 is 0 Å². The number of nitrogens with one attached hydrogen (secondary N) is 1. The molecule has 7 heteroatoms. The number of carbonyl (C=O) groups excluding carboxylic acids is 1. The Labute approximate surface area is 142 Å². The van der Waals surface area contributed by atoms with Crippen molar-refractivity contribution >= 4 is 32.6 Å². The molecule has 0 atom stereocenters. The minimum absolute atomic E-state index is 0.125. The molecule has 0 spiro atoms. The molecule has 0 bridgehead atoms. The Morgan fingerprint density at radius 3 is 3.00 bits per heavy atom. The van der Waals surface area contributed by atoms with Crippen molar-refractivity contribution in [1.29, 1.82) is 0 Å². The van der Waals surface area contributed by atoms with Crippen LogP contribution in [0.15, 0.2) is 36.4 Å². The first-order chi connectivity index (χ1) is 11.7. The number of benzene rings is 2. The minimum atomic E-state index is -0.125. The lowest BCUT2D eigenvalue weighted by molar-refractivity contribution is -0.115. The zero-order valence-corrected chi connectivity index (χ0v) is 13.7. The molecule has 0 radical (unpaired) electrons. The SMILES string of the molecule is COc1ccc2nc(NC(=O)Cc3ccc4c(c3)OCO4)sc2c1. The summed E-state index contributed by atoms with van der Waals surface area (Å²) in [6, 6.07) is 11.1. The van der Waals surface area contributed by atoms with E-state index in [0.717, 1.165) is 21.5 Å². The third kappa shape index (κ3) is 2.85. The number of ether oxygens (including phenoxy) is 3. The van der Waals surface area contributed by atoms with Gasteiger partial charge in [-0.2, -0.15) is 0 Å². The smallest absolute Gasteiger partial charge is 0.231 e. The summed E-state index contributed by atoms with van der Waals surface area (Å²) in [6.45, 7) is 0.222. The molecule has 2 heterocycles. The molecule has 1 N–H and O–H groups in total. The third-order valence-corrected chi connectivity index (χ3v) is 4.58. The van der Waals surface area contributed by atoms with Gasteiger partial charge in [0.2, 0.25) is 12.7 Å². The number of fused-ring (bicyclic) bond motifs is 2. The molecule has 0 aliphatic carbocycles. The Balaban J connectivity index is 1.47. The molecule has 0 fully saturated rings. The summed E-state index contributed by atoms with van der Waals surface area (Å²) in [6.07, 6.45) is 0.246. The zero-order valence-electron chi connectivity index (χ0n) is 12.9. The standard InChI is InChI=1S/C17H14N2O4S/c1-21-11-3-4-12-15(8-11)24-17(18-12)19-16(20)7-10-2-5-13-14(6-10)23-9-22-13/h2-6,8H,7,9H2,1H3,(H,18,19,20). The lowest BCUT2D eigenvalue weighted by atomic mass is 10.1. The number of thiazole rings is 1. The highest BCUT2D eigenvalue weighted by molar-refractivity contribution is 7.22. The Hall–Kier alpha value is -2.80. The topological polar surface area (TPSA) is 69.7 Å². The fraction of sp³-hybridized carbons (Fsp3) is 0.176. The molecule has 1 aliphatic rings. The van der Waals surface area contributed by atoms with Crippen LogP contribution in [0.25, 0.3) is 10.2 Å². The van der Waals surface area contributed by atoms with Crippen molar-refractivity contribution in [3.63, 3.8) is 0 Å². The van der Waals surface area contributed by atoms with Gasteiger partial charge in [0.05, 0.1) is 23.7 Å². The molecule has 2 aromatic carbocycles. The van der Waals surface area contributed by atoms with Gasteiger partial charge in [-0.15, -0.1) is 0 Å². The molecule has 6 nitrogen and oxygen atoms in total. The molecule has 1 amide bonds. The number of rotatable bonds is 4. The van der Waals surface area contributed by atoms with Crippen LogP contribution in [-0.2, 0) is 11.2 Å². The van der Waals surface area contributed by atoms with Crippen molar-refractivity contribution in [1.82, 2.24) is 4.98 Å². The van der Waals surface area contributed by atoms with Crippen LogP contribution >= 0.6 is 11.3 Å². The van der Waals surface area contributed by atoms with Crippen LogP contribution in [0.2, 0.25) is 0 Å². The van der Waals surface area contributed by atoms with Gasteiger partial charge < -0.3 is 19.5 Å². The van der Waals surface area contributed by atoms with Gasteiger partial charge in [0.15, 0.2) is 16.6 Å². The van der Waals surface area contributed by atoms with Crippen LogP contribution in [0.3, 0.4) is 0 Å². The maximum absolute atomic E-state index is 12.2. The number of anilines is 1. The number of aromatic nitrogens is 1. The van der Waals surface area contributed by atoms with Gasteiger partial charge in [-0.25, -0.2) is 4.98 Å². The second-order valence-corrected chi connectivity index (χ2v) is 6.30. The molecule has 1 aromatic heterocycles. The van der Waals surface area contributed by atoms with Gasteiger partial charge in [-0.3, -0.25) is 4.79 Å². The fourth-order valence-electron chi connectivity index (χ4n) is 2.49. The average Bonchev–Trinajstić information content (AvgIpc) is 3.19. The van der Waals surface area contributed by atoms with Crippen molar-refractivity contribution in [3.8, 4) is 17.2 Å².